The summed E-state index contributed by atoms with van der Waals surface area (Å²) in [5, 5.41) is 4.05. The maximum absolute atomic E-state index is 13.0. The number of benzene rings is 2. The van der Waals surface area contributed by atoms with Crippen LogP contribution in [0.15, 0.2) is 66.9 Å². The van der Waals surface area contributed by atoms with Crippen LogP contribution in [-0.4, -0.2) is 16.8 Å². The molecule has 0 fully saturated rings. The number of halogens is 2. The highest BCUT2D eigenvalue weighted by Crippen LogP contribution is 2.38. The van der Waals surface area contributed by atoms with Crippen molar-refractivity contribution in [2.45, 2.75) is 19.0 Å². The SMILES string of the molecule is O=C(C[C@H]1c2ncccc2C(=O)N1c1ccc(Cl)cc1)NCc1ccccc1Cl. The lowest BCUT2D eigenvalue weighted by atomic mass is 10.1. The Bertz CT molecular complexity index is 1070. The van der Waals surface area contributed by atoms with Crippen molar-refractivity contribution in [3.8, 4) is 0 Å². The van der Waals surface area contributed by atoms with Crippen molar-refractivity contribution < 1.29 is 9.59 Å². The van der Waals surface area contributed by atoms with Gasteiger partial charge in [-0.05, 0) is 48.0 Å². The molecule has 0 radical (unpaired) electrons. The van der Waals surface area contributed by atoms with E-state index in [1.807, 2.05) is 18.2 Å². The minimum absolute atomic E-state index is 0.0861. The van der Waals surface area contributed by atoms with Gasteiger partial charge in [0.1, 0.15) is 0 Å². The van der Waals surface area contributed by atoms with Gasteiger partial charge in [0.25, 0.3) is 5.91 Å². The highest BCUT2D eigenvalue weighted by atomic mass is 35.5. The first kappa shape index (κ1) is 19.4. The number of pyridine rings is 1. The topological polar surface area (TPSA) is 62.3 Å². The van der Waals surface area contributed by atoms with Crippen molar-refractivity contribution in [3.05, 3.63) is 93.7 Å². The normalized spacial score (nSPS) is 15.3. The number of nitrogens with one attached hydrogen (secondary N) is 1. The molecule has 5 nitrogen and oxygen atoms in total. The van der Waals surface area contributed by atoms with E-state index in [0.29, 0.717) is 33.5 Å². The summed E-state index contributed by atoms with van der Waals surface area (Å²) in [5.74, 6) is -0.375. The van der Waals surface area contributed by atoms with Gasteiger partial charge in [-0.2, -0.15) is 0 Å². The van der Waals surface area contributed by atoms with Gasteiger partial charge in [-0.25, -0.2) is 0 Å². The number of carbonyl (C=O) groups is 2. The second-order valence-electron chi connectivity index (χ2n) is 6.68. The molecule has 0 spiro atoms. The molecule has 2 heterocycles. The maximum Gasteiger partial charge on any atom is 0.260 e. The largest absolute Gasteiger partial charge is 0.352 e. The van der Waals surface area contributed by atoms with Crippen LogP contribution < -0.4 is 10.2 Å². The van der Waals surface area contributed by atoms with Crippen molar-refractivity contribution in [3.63, 3.8) is 0 Å². The molecule has 29 heavy (non-hydrogen) atoms. The Balaban J connectivity index is 1.57. The second-order valence-corrected chi connectivity index (χ2v) is 7.52. The number of nitrogens with zero attached hydrogens (tertiary/aromatic N) is 2. The highest BCUT2D eigenvalue weighted by Gasteiger charge is 2.39. The summed E-state index contributed by atoms with van der Waals surface area (Å²) >= 11 is 12.1. The molecule has 1 aliphatic heterocycles. The van der Waals surface area contributed by atoms with Crippen molar-refractivity contribution in [2.24, 2.45) is 0 Å². The first-order chi connectivity index (χ1) is 14.0. The second kappa shape index (κ2) is 8.23. The van der Waals surface area contributed by atoms with Gasteiger partial charge in [-0.1, -0.05) is 41.4 Å². The summed E-state index contributed by atoms with van der Waals surface area (Å²) < 4.78 is 0. The van der Waals surface area contributed by atoms with Gasteiger partial charge in [0.15, 0.2) is 0 Å². The lowest BCUT2D eigenvalue weighted by Crippen LogP contribution is -2.33. The van der Waals surface area contributed by atoms with Crippen LogP contribution >= 0.6 is 23.2 Å². The standard InChI is InChI=1S/C22H17Cl2N3O2/c23-15-7-9-16(10-8-15)27-19(21-17(22(27)29)5-3-11-25-21)12-20(28)26-13-14-4-1-2-6-18(14)24/h1-11,19H,12-13H2,(H,26,28)/t19-/m0/s1. The Hall–Kier alpha value is -2.89. The highest BCUT2D eigenvalue weighted by molar-refractivity contribution is 6.31. The van der Waals surface area contributed by atoms with Gasteiger partial charge < -0.3 is 5.32 Å². The van der Waals surface area contributed by atoms with E-state index in [2.05, 4.69) is 10.3 Å². The average Bonchev–Trinajstić information content (AvgIpc) is 3.00. The van der Waals surface area contributed by atoms with Crippen LogP contribution in [0.25, 0.3) is 0 Å². The molecule has 0 saturated heterocycles. The molecule has 7 heteroatoms. The third kappa shape index (κ3) is 3.97. The number of aromatic nitrogens is 1. The fraction of sp³-hybridized carbons (Fsp3) is 0.136. The number of anilines is 1. The molecule has 3 aromatic rings. The summed E-state index contributed by atoms with van der Waals surface area (Å²) in [4.78, 5) is 31.7. The van der Waals surface area contributed by atoms with Gasteiger partial charge >= 0.3 is 0 Å². The lowest BCUT2D eigenvalue weighted by Gasteiger charge is -2.24. The molecule has 0 bridgehead atoms. The summed E-state index contributed by atoms with van der Waals surface area (Å²) in [6, 6.07) is 17.3. The van der Waals surface area contributed by atoms with Crippen LogP contribution in [0.2, 0.25) is 10.0 Å². The zero-order valence-electron chi connectivity index (χ0n) is 15.3. The summed E-state index contributed by atoms with van der Waals surface area (Å²) in [5.41, 5.74) is 2.60. The summed E-state index contributed by atoms with van der Waals surface area (Å²) in [6.45, 7) is 0.315. The van der Waals surface area contributed by atoms with E-state index >= 15 is 0 Å². The number of hydrogen-bond donors (Lipinski definition) is 1. The maximum atomic E-state index is 13.0. The van der Waals surface area contributed by atoms with Crippen LogP contribution in [0.1, 0.15) is 34.1 Å². The molecule has 2 amide bonds. The summed E-state index contributed by atoms with van der Waals surface area (Å²) in [7, 11) is 0. The predicted octanol–water partition coefficient (Wildman–Crippen LogP) is 4.80. The van der Waals surface area contributed by atoms with Crippen molar-refractivity contribution in [2.75, 3.05) is 4.90 Å². The van der Waals surface area contributed by atoms with Crippen LogP contribution in [-0.2, 0) is 11.3 Å². The van der Waals surface area contributed by atoms with Crippen LogP contribution in [0, 0.1) is 0 Å². The molecule has 1 aromatic heterocycles. The molecular weight excluding hydrogens is 409 g/mol. The molecule has 1 N–H and O–H groups in total. The molecule has 0 aliphatic carbocycles. The Morgan fingerprint density at radius 1 is 1.03 bits per heavy atom. The van der Waals surface area contributed by atoms with Crippen molar-refractivity contribution >= 4 is 40.7 Å². The number of carbonyl (C=O) groups excluding carboxylic acids is 2. The number of hydrogen-bond acceptors (Lipinski definition) is 3. The van der Waals surface area contributed by atoms with Gasteiger partial charge in [0.2, 0.25) is 5.91 Å². The third-order valence-electron chi connectivity index (χ3n) is 4.83. The molecule has 1 aliphatic rings. The smallest absolute Gasteiger partial charge is 0.260 e. The Labute approximate surface area is 178 Å². The Morgan fingerprint density at radius 2 is 1.79 bits per heavy atom. The van der Waals surface area contributed by atoms with Gasteiger partial charge in [-0.15, -0.1) is 0 Å². The predicted molar refractivity (Wildman–Crippen MR) is 113 cm³/mol. The third-order valence-corrected chi connectivity index (χ3v) is 5.45. The quantitative estimate of drug-likeness (QED) is 0.638. The molecule has 146 valence electrons. The van der Waals surface area contributed by atoms with E-state index in [-0.39, 0.29) is 18.2 Å². The van der Waals surface area contributed by atoms with Gasteiger partial charge in [-0.3, -0.25) is 19.5 Å². The Morgan fingerprint density at radius 3 is 2.55 bits per heavy atom. The zero-order valence-corrected chi connectivity index (χ0v) is 16.8. The van der Waals surface area contributed by atoms with Gasteiger partial charge in [0.05, 0.1) is 23.7 Å². The van der Waals surface area contributed by atoms with Gasteiger partial charge in [0, 0.05) is 28.5 Å². The van der Waals surface area contributed by atoms with Crippen molar-refractivity contribution in [1.82, 2.24) is 10.3 Å². The van der Waals surface area contributed by atoms with E-state index in [1.54, 1.807) is 53.6 Å². The number of rotatable bonds is 5. The fourth-order valence-corrected chi connectivity index (χ4v) is 3.76. The molecular formula is C22H17Cl2N3O2. The molecule has 0 unspecified atom stereocenters. The zero-order chi connectivity index (χ0) is 20.4. The molecule has 4 rings (SSSR count). The van der Waals surface area contributed by atoms with E-state index in [4.69, 9.17) is 23.2 Å². The van der Waals surface area contributed by atoms with Crippen LogP contribution in [0.5, 0.6) is 0 Å². The minimum atomic E-state index is -0.494. The first-order valence-corrected chi connectivity index (χ1v) is 9.84. The summed E-state index contributed by atoms with van der Waals surface area (Å²) in [6.07, 6.45) is 1.72. The number of amides is 2. The molecule has 2 aromatic carbocycles. The average molecular weight is 426 g/mol. The lowest BCUT2D eigenvalue weighted by molar-refractivity contribution is -0.121. The van der Waals surface area contributed by atoms with E-state index in [0.717, 1.165) is 5.56 Å². The molecule has 1 atom stereocenters. The molecule has 0 saturated carbocycles. The monoisotopic (exact) mass is 425 g/mol. The first-order valence-electron chi connectivity index (χ1n) is 9.09. The van der Waals surface area contributed by atoms with E-state index in [9.17, 15) is 9.59 Å². The number of fused-ring (bicyclic) bond motifs is 1. The fourth-order valence-electron chi connectivity index (χ4n) is 3.43. The van der Waals surface area contributed by atoms with E-state index in [1.165, 1.54) is 0 Å². The minimum Gasteiger partial charge on any atom is -0.352 e. The van der Waals surface area contributed by atoms with E-state index < -0.39 is 6.04 Å². The van der Waals surface area contributed by atoms with Crippen LogP contribution in [0.3, 0.4) is 0 Å². The van der Waals surface area contributed by atoms with Crippen LogP contribution in [0.4, 0.5) is 5.69 Å². The Kier molecular flexibility index (Phi) is 5.51. The van der Waals surface area contributed by atoms with Crippen molar-refractivity contribution in [1.29, 1.82) is 0 Å².